The second-order valence-electron chi connectivity index (χ2n) is 13.5. The molecular formula is C28H38O6. The van der Waals surface area contributed by atoms with Gasteiger partial charge in [0.1, 0.15) is 12.2 Å². The number of carbonyl (C=O) groups excluding carboxylic acids is 2. The monoisotopic (exact) mass is 470 g/mol. The third-order valence-corrected chi connectivity index (χ3v) is 10.6. The lowest BCUT2D eigenvalue weighted by Crippen LogP contribution is -2.59. The van der Waals surface area contributed by atoms with Crippen LogP contribution in [0, 0.1) is 46.3 Å². The lowest BCUT2D eigenvalue weighted by Gasteiger charge is -2.59. The number of esters is 1. The number of aliphatic hydroxyl groups is 1. The Labute approximate surface area is 201 Å². The van der Waals surface area contributed by atoms with E-state index in [1.54, 1.807) is 6.92 Å². The van der Waals surface area contributed by atoms with Crippen molar-refractivity contribution in [2.75, 3.05) is 0 Å². The number of rotatable bonds is 7. The van der Waals surface area contributed by atoms with Gasteiger partial charge in [-0.25, -0.2) is 4.79 Å². The fourth-order valence-corrected chi connectivity index (χ4v) is 10.4. The molecule has 3 unspecified atom stereocenters. The zero-order chi connectivity index (χ0) is 23.9. The predicted molar refractivity (Wildman–Crippen MR) is 123 cm³/mol. The van der Waals surface area contributed by atoms with Crippen molar-refractivity contribution < 1.29 is 29.3 Å². The van der Waals surface area contributed by atoms with E-state index in [9.17, 15) is 24.6 Å². The molecule has 8 aliphatic carbocycles. The lowest BCUT2D eigenvalue weighted by molar-refractivity contribution is -0.181. The van der Waals surface area contributed by atoms with Gasteiger partial charge in [-0.3, -0.25) is 9.59 Å². The molecule has 0 amide bonds. The highest BCUT2D eigenvalue weighted by Gasteiger charge is 2.61. The first-order valence-corrected chi connectivity index (χ1v) is 13.5. The Kier molecular flexibility index (Phi) is 5.12. The summed E-state index contributed by atoms with van der Waals surface area (Å²) in [6.07, 6.45) is 13.3. The maximum absolute atomic E-state index is 13.5. The van der Waals surface area contributed by atoms with E-state index < -0.39 is 28.9 Å². The Morgan fingerprint density at radius 2 is 1.41 bits per heavy atom. The van der Waals surface area contributed by atoms with E-state index in [1.165, 1.54) is 19.3 Å². The van der Waals surface area contributed by atoms with E-state index in [0.717, 1.165) is 75.4 Å². The third-order valence-electron chi connectivity index (χ3n) is 10.6. The molecule has 34 heavy (non-hydrogen) atoms. The first kappa shape index (κ1) is 22.8. The number of hydrogen-bond acceptors (Lipinski definition) is 5. The molecule has 8 fully saturated rings. The van der Waals surface area contributed by atoms with E-state index in [0.29, 0.717) is 24.7 Å². The summed E-state index contributed by atoms with van der Waals surface area (Å²) in [5.74, 6) is 0.0871. The highest BCUT2D eigenvalue weighted by molar-refractivity contribution is 6.02. The number of hydrogen-bond donors (Lipinski definition) is 2. The summed E-state index contributed by atoms with van der Waals surface area (Å²) >= 11 is 0. The van der Waals surface area contributed by atoms with Crippen LogP contribution >= 0.6 is 0 Å². The minimum absolute atomic E-state index is 0.0292. The minimum atomic E-state index is -1.04. The molecule has 6 heteroatoms. The maximum atomic E-state index is 13.5. The van der Waals surface area contributed by atoms with Crippen LogP contribution in [0.3, 0.4) is 0 Å². The van der Waals surface area contributed by atoms with Crippen LogP contribution in [-0.2, 0) is 19.1 Å². The molecule has 6 nitrogen and oxygen atoms in total. The first-order chi connectivity index (χ1) is 16.1. The molecule has 0 aromatic heterocycles. The van der Waals surface area contributed by atoms with Crippen molar-refractivity contribution in [2.24, 2.45) is 46.3 Å². The van der Waals surface area contributed by atoms with Crippen molar-refractivity contribution in [2.45, 2.75) is 96.0 Å². The molecule has 8 rings (SSSR count). The third kappa shape index (κ3) is 3.75. The van der Waals surface area contributed by atoms with Crippen LogP contribution in [-0.4, -0.2) is 33.5 Å². The molecule has 0 aromatic carbocycles. The lowest BCUT2D eigenvalue weighted by atomic mass is 9.46. The van der Waals surface area contributed by atoms with Gasteiger partial charge in [0.25, 0.3) is 0 Å². The molecule has 0 aromatic rings. The zero-order valence-electron chi connectivity index (χ0n) is 20.3. The van der Waals surface area contributed by atoms with Gasteiger partial charge in [-0.2, -0.15) is 0 Å². The Hall–Kier alpha value is -1.69. The molecule has 8 aliphatic rings. The summed E-state index contributed by atoms with van der Waals surface area (Å²) in [7, 11) is 0. The Morgan fingerprint density at radius 1 is 0.882 bits per heavy atom. The molecule has 0 heterocycles. The van der Waals surface area contributed by atoms with E-state index in [-0.39, 0.29) is 16.8 Å². The van der Waals surface area contributed by atoms with Crippen LogP contribution in [0.4, 0.5) is 0 Å². The molecule has 186 valence electrons. The molecule has 0 saturated heterocycles. The average Bonchev–Trinajstić information content (AvgIpc) is 2.72. The van der Waals surface area contributed by atoms with Crippen LogP contribution in [0.1, 0.15) is 90.4 Å². The van der Waals surface area contributed by atoms with Crippen molar-refractivity contribution in [3.8, 4) is 0 Å². The van der Waals surface area contributed by atoms with Crippen LogP contribution < -0.4 is 0 Å². The van der Waals surface area contributed by atoms with E-state index in [2.05, 4.69) is 0 Å². The van der Waals surface area contributed by atoms with Gasteiger partial charge in [-0.1, -0.05) is 0 Å². The van der Waals surface area contributed by atoms with Gasteiger partial charge < -0.3 is 14.9 Å². The predicted octanol–water partition coefficient (Wildman–Crippen LogP) is 4.64. The summed E-state index contributed by atoms with van der Waals surface area (Å²) in [6, 6.07) is 0. The Morgan fingerprint density at radius 3 is 1.91 bits per heavy atom. The fraction of sp³-hybridized carbons (Fsp3) is 0.821. The van der Waals surface area contributed by atoms with E-state index in [4.69, 9.17) is 4.74 Å². The van der Waals surface area contributed by atoms with Gasteiger partial charge >= 0.3 is 11.9 Å². The number of carboxylic acids is 1. The number of Topliss-reactive ketones (excluding diaryl/α,β-unsaturated/α-hetero) is 1. The quantitative estimate of drug-likeness (QED) is 0.243. The molecule has 0 spiro atoms. The number of ether oxygens (including phenoxy) is 1. The van der Waals surface area contributed by atoms with Crippen molar-refractivity contribution >= 4 is 17.7 Å². The number of ketones is 1. The summed E-state index contributed by atoms with van der Waals surface area (Å²) in [5, 5.41) is 20.8. The van der Waals surface area contributed by atoms with Crippen LogP contribution in [0.2, 0.25) is 0 Å². The molecular weight excluding hydrogens is 432 g/mol. The average molecular weight is 471 g/mol. The number of aliphatic carboxylic acids is 1. The topological polar surface area (TPSA) is 101 Å². The van der Waals surface area contributed by atoms with Crippen molar-refractivity contribution in [3.05, 3.63) is 11.8 Å². The van der Waals surface area contributed by atoms with Crippen LogP contribution in [0.25, 0.3) is 0 Å². The molecule has 3 atom stereocenters. The largest absolute Gasteiger partial charge is 0.478 e. The molecule has 8 saturated carbocycles. The molecule has 8 bridgehead atoms. The smallest absolute Gasteiger partial charge is 0.334 e. The summed E-state index contributed by atoms with van der Waals surface area (Å²) in [5.41, 5.74) is -1.21. The minimum Gasteiger partial charge on any atom is -0.478 e. The highest BCUT2D eigenvalue weighted by Crippen LogP contribution is 2.63. The van der Waals surface area contributed by atoms with Crippen LogP contribution in [0.5, 0.6) is 0 Å². The second-order valence-corrected chi connectivity index (χ2v) is 13.5. The van der Waals surface area contributed by atoms with E-state index in [1.807, 2.05) is 0 Å². The normalized spacial score (nSPS) is 47.0. The van der Waals surface area contributed by atoms with Crippen molar-refractivity contribution in [3.63, 3.8) is 0 Å². The first-order valence-electron chi connectivity index (χ1n) is 13.5. The molecule has 0 radical (unpaired) electrons. The van der Waals surface area contributed by atoms with E-state index >= 15 is 0 Å². The summed E-state index contributed by atoms with van der Waals surface area (Å²) < 4.78 is 5.39. The standard InChI is InChI=1S/C28H38O6/c1-16(23(29)27-9-20-5-21(10-27)12-28(33,11-20)15-27)25(32)34-14-22(24(30)31)13-26-6-17-2-18(7-26)4-19(3-17)8-26/h14,16-21,33H,2-13,15H2,1H3,(H,30,31). The maximum Gasteiger partial charge on any atom is 0.334 e. The molecule has 0 aliphatic heterocycles. The van der Waals surface area contributed by atoms with Gasteiger partial charge in [-0.15, -0.1) is 0 Å². The number of carboxylic acid groups (broad SMARTS) is 1. The van der Waals surface area contributed by atoms with Crippen molar-refractivity contribution in [1.82, 2.24) is 0 Å². The fourth-order valence-electron chi connectivity index (χ4n) is 10.4. The van der Waals surface area contributed by atoms with Crippen LogP contribution in [0.15, 0.2) is 11.8 Å². The summed E-state index contributed by atoms with van der Waals surface area (Å²) in [6.45, 7) is 1.58. The van der Waals surface area contributed by atoms with Gasteiger partial charge in [0.05, 0.1) is 11.2 Å². The highest BCUT2D eigenvalue weighted by atomic mass is 16.5. The number of carbonyl (C=O) groups is 3. The SMILES string of the molecule is CC(C(=O)OC=C(CC12CC3CC(CC(C3)C1)C2)C(=O)O)C(=O)C12CC3CC(CC(O)(C3)C1)C2. The summed E-state index contributed by atoms with van der Waals surface area (Å²) in [4.78, 5) is 38.5. The molecule has 2 N–H and O–H groups in total. The second kappa shape index (κ2) is 7.65. The zero-order valence-corrected chi connectivity index (χ0v) is 20.3. The van der Waals surface area contributed by atoms with Gasteiger partial charge in [0.2, 0.25) is 0 Å². The van der Waals surface area contributed by atoms with Gasteiger partial charge in [0, 0.05) is 5.41 Å². The van der Waals surface area contributed by atoms with Gasteiger partial charge in [-0.05, 0) is 125 Å². The Balaban J connectivity index is 1.14. The Bertz CT molecular complexity index is 897. The van der Waals surface area contributed by atoms with Gasteiger partial charge in [0.15, 0.2) is 5.78 Å². The van der Waals surface area contributed by atoms with Crippen molar-refractivity contribution in [1.29, 1.82) is 0 Å².